The van der Waals surface area contributed by atoms with Gasteiger partial charge in [-0.2, -0.15) is 0 Å². The second-order valence-electron chi connectivity index (χ2n) is 3.38. The van der Waals surface area contributed by atoms with E-state index < -0.39 is 0 Å². The van der Waals surface area contributed by atoms with Crippen molar-refractivity contribution < 1.29 is 5.11 Å². The molecule has 68 valence electrons. The third kappa shape index (κ3) is 0.852. The zero-order valence-electron chi connectivity index (χ0n) is 7.49. The molecule has 0 aliphatic heterocycles. The van der Waals surface area contributed by atoms with Crippen molar-refractivity contribution in [3.63, 3.8) is 0 Å². The first kappa shape index (κ1) is 7.44. The number of aromatic hydroxyl groups is 1. The van der Waals surface area contributed by atoms with Crippen molar-refractivity contribution in [2.24, 2.45) is 0 Å². The number of hydrogen-bond donors (Lipinski definition) is 2. The van der Waals surface area contributed by atoms with Crippen LogP contribution < -0.4 is 0 Å². The molecule has 0 unspecified atom stereocenters. The van der Waals surface area contributed by atoms with Gasteiger partial charge in [0.2, 0.25) is 0 Å². The zero-order valence-corrected chi connectivity index (χ0v) is 7.49. The van der Waals surface area contributed by atoms with Gasteiger partial charge in [-0.15, -0.1) is 0 Å². The van der Waals surface area contributed by atoms with E-state index in [0.717, 1.165) is 21.7 Å². The summed E-state index contributed by atoms with van der Waals surface area (Å²) in [5.41, 5.74) is 1.00. The molecule has 0 fully saturated rings. The molecule has 2 aromatic carbocycles. The van der Waals surface area contributed by atoms with Crippen LogP contribution in [0, 0.1) is 0 Å². The van der Waals surface area contributed by atoms with E-state index in [-0.39, 0.29) is 0 Å². The predicted octanol–water partition coefficient (Wildman–Crippen LogP) is 3.03. The highest BCUT2D eigenvalue weighted by Gasteiger charge is 2.04. The Bertz CT molecular complexity index is 610. The third-order valence-electron chi connectivity index (χ3n) is 2.55. The maximum Gasteiger partial charge on any atom is 0.125 e. The van der Waals surface area contributed by atoms with E-state index in [1.165, 1.54) is 0 Å². The fraction of sp³-hybridized carbons (Fsp3) is 0. The normalized spacial score (nSPS) is 11.1. The molecule has 0 spiro atoms. The van der Waals surface area contributed by atoms with Crippen LogP contribution in [0.3, 0.4) is 0 Å². The van der Waals surface area contributed by atoms with Gasteiger partial charge >= 0.3 is 0 Å². The van der Waals surface area contributed by atoms with Gasteiger partial charge in [0, 0.05) is 17.0 Å². The molecule has 1 aromatic heterocycles. The monoisotopic (exact) mass is 183 g/mol. The minimum Gasteiger partial charge on any atom is -0.507 e. The van der Waals surface area contributed by atoms with Gasteiger partial charge in [-0.3, -0.25) is 0 Å². The first-order valence-electron chi connectivity index (χ1n) is 4.54. The Morgan fingerprint density at radius 1 is 0.929 bits per heavy atom. The lowest BCUT2D eigenvalue weighted by Gasteiger charge is -2.01. The summed E-state index contributed by atoms with van der Waals surface area (Å²) >= 11 is 0. The average molecular weight is 183 g/mol. The molecular formula is C12H9NO. The summed E-state index contributed by atoms with van der Waals surface area (Å²) < 4.78 is 0. The number of nitrogens with one attached hydrogen (secondary N) is 1. The van der Waals surface area contributed by atoms with E-state index in [2.05, 4.69) is 4.98 Å². The second-order valence-corrected chi connectivity index (χ2v) is 3.38. The van der Waals surface area contributed by atoms with Crippen LogP contribution in [0.5, 0.6) is 5.75 Å². The van der Waals surface area contributed by atoms with Crippen molar-refractivity contribution >= 4 is 21.7 Å². The SMILES string of the molecule is Oc1cccc2ccc3cc[nH]c3c12. The maximum atomic E-state index is 9.77. The molecule has 3 rings (SSSR count). The van der Waals surface area contributed by atoms with Crippen LogP contribution in [0.15, 0.2) is 42.6 Å². The minimum absolute atomic E-state index is 0.329. The molecule has 0 aliphatic rings. The molecule has 3 aromatic rings. The highest BCUT2D eigenvalue weighted by Crippen LogP contribution is 2.30. The van der Waals surface area contributed by atoms with Crippen molar-refractivity contribution in [2.75, 3.05) is 0 Å². The molecule has 0 saturated carbocycles. The fourth-order valence-electron chi connectivity index (χ4n) is 1.89. The standard InChI is InChI=1S/C12H9NO/c14-10-3-1-2-8-4-5-9-6-7-13-12(9)11(8)10/h1-7,13-14H. The van der Waals surface area contributed by atoms with Crippen molar-refractivity contribution in [1.82, 2.24) is 4.98 Å². The molecule has 2 N–H and O–H groups in total. The number of aromatic nitrogens is 1. The largest absolute Gasteiger partial charge is 0.507 e. The Morgan fingerprint density at radius 2 is 1.79 bits per heavy atom. The smallest absolute Gasteiger partial charge is 0.125 e. The number of fused-ring (bicyclic) bond motifs is 3. The van der Waals surface area contributed by atoms with E-state index >= 15 is 0 Å². The van der Waals surface area contributed by atoms with Gasteiger partial charge in [-0.05, 0) is 17.5 Å². The molecule has 0 amide bonds. The van der Waals surface area contributed by atoms with Crippen LogP contribution >= 0.6 is 0 Å². The zero-order chi connectivity index (χ0) is 9.54. The first-order valence-corrected chi connectivity index (χ1v) is 4.54. The van der Waals surface area contributed by atoms with Gasteiger partial charge in [-0.1, -0.05) is 24.3 Å². The van der Waals surface area contributed by atoms with Gasteiger partial charge in [-0.25, -0.2) is 0 Å². The Balaban J connectivity index is 2.67. The predicted molar refractivity (Wildman–Crippen MR) is 57.5 cm³/mol. The quantitative estimate of drug-likeness (QED) is 0.552. The van der Waals surface area contributed by atoms with Crippen molar-refractivity contribution in [3.8, 4) is 5.75 Å². The van der Waals surface area contributed by atoms with E-state index in [4.69, 9.17) is 0 Å². The molecule has 0 bridgehead atoms. The molecule has 0 saturated heterocycles. The summed E-state index contributed by atoms with van der Waals surface area (Å²) in [7, 11) is 0. The van der Waals surface area contributed by atoms with Gasteiger partial charge in [0.05, 0.1) is 5.52 Å². The van der Waals surface area contributed by atoms with Crippen molar-refractivity contribution in [2.45, 2.75) is 0 Å². The fourth-order valence-corrected chi connectivity index (χ4v) is 1.89. The van der Waals surface area contributed by atoms with Crippen LogP contribution in [0.4, 0.5) is 0 Å². The molecular weight excluding hydrogens is 174 g/mol. The lowest BCUT2D eigenvalue weighted by Crippen LogP contribution is -1.76. The number of aromatic amines is 1. The Morgan fingerprint density at radius 3 is 2.71 bits per heavy atom. The number of hydrogen-bond acceptors (Lipinski definition) is 1. The summed E-state index contributed by atoms with van der Waals surface area (Å²) in [4.78, 5) is 3.14. The summed E-state index contributed by atoms with van der Waals surface area (Å²) in [6, 6.07) is 11.6. The Hall–Kier alpha value is -1.96. The van der Waals surface area contributed by atoms with E-state index in [9.17, 15) is 5.11 Å². The maximum absolute atomic E-state index is 9.77. The average Bonchev–Trinajstić information content (AvgIpc) is 2.65. The Kier molecular flexibility index (Phi) is 1.34. The second kappa shape index (κ2) is 2.51. The van der Waals surface area contributed by atoms with Gasteiger partial charge in [0.15, 0.2) is 0 Å². The Labute approximate surface area is 80.8 Å². The lowest BCUT2D eigenvalue weighted by molar-refractivity contribution is 0.482. The van der Waals surface area contributed by atoms with Crippen LogP contribution in [-0.2, 0) is 0 Å². The number of H-pyrrole nitrogens is 1. The van der Waals surface area contributed by atoms with E-state index in [0.29, 0.717) is 5.75 Å². The number of phenols is 1. The summed E-state index contributed by atoms with van der Waals surface area (Å²) in [6.07, 6.45) is 1.89. The van der Waals surface area contributed by atoms with Crippen LogP contribution in [0.2, 0.25) is 0 Å². The van der Waals surface area contributed by atoms with Gasteiger partial charge in [0.25, 0.3) is 0 Å². The van der Waals surface area contributed by atoms with Crippen molar-refractivity contribution in [1.29, 1.82) is 0 Å². The summed E-state index contributed by atoms with van der Waals surface area (Å²) in [5.74, 6) is 0.329. The number of rotatable bonds is 0. The van der Waals surface area contributed by atoms with Gasteiger partial charge < -0.3 is 10.1 Å². The molecule has 2 heteroatoms. The first-order chi connectivity index (χ1) is 6.86. The van der Waals surface area contributed by atoms with Crippen LogP contribution in [0.1, 0.15) is 0 Å². The van der Waals surface area contributed by atoms with Crippen molar-refractivity contribution in [3.05, 3.63) is 42.6 Å². The molecule has 14 heavy (non-hydrogen) atoms. The highest BCUT2D eigenvalue weighted by molar-refractivity contribution is 6.08. The minimum atomic E-state index is 0.329. The molecule has 0 atom stereocenters. The molecule has 1 heterocycles. The lowest BCUT2D eigenvalue weighted by atomic mass is 10.1. The molecule has 2 nitrogen and oxygen atoms in total. The summed E-state index contributed by atoms with van der Waals surface area (Å²) in [5, 5.41) is 12.8. The van der Waals surface area contributed by atoms with E-state index in [1.54, 1.807) is 6.07 Å². The van der Waals surface area contributed by atoms with Crippen LogP contribution in [-0.4, -0.2) is 10.1 Å². The van der Waals surface area contributed by atoms with Crippen LogP contribution in [0.25, 0.3) is 21.7 Å². The number of phenolic OH excluding ortho intramolecular Hbond substituents is 1. The number of benzene rings is 2. The highest BCUT2D eigenvalue weighted by atomic mass is 16.3. The topological polar surface area (TPSA) is 36.0 Å². The van der Waals surface area contributed by atoms with Gasteiger partial charge in [0.1, 0.15) is 5.75 Å². The van der Waals surface area contributed by atoms with E-state index in [1.807, 2.05) is 36.5 Å². The molecule has 0 radical (unpaired) electrons. The summed E-state index contributed by atoms with van der Waals surface area (Å²) in [6.45, 7) is 0. The molecule has 0 aliphatic carbocycles. The third-order valence-corrected chi connectivity index (χ3v) is 2.55.